The van der Waals surface area contributed by atoms with Gasteiger partial charge in [0.25, 0.3) is 0 Å². The molecule has 15 heavy (non-hydrogen) atoms. The van der Waals surface area contributed by atoms with Crippen molar-refractivity contribution in [3.63, 3.8) is 0 Å². The van der Waals surface area contributed by atoms with E-state index in [1.54, 1.807) is 11.3 Å². The topological polar surface area (TPSA) is 48.1 Å². The Morgan fingerprint density at radius 3 is 3.20 bits per heavy atom. The summed E-state index contributed by atoms with van der Waals surface area (Å²) in [5.41, 5.74) is 5.76. The van der Waals surface area contributed by atoms with Crippen molar-refractivity contribution >= 4 is 11.3 Å². The minimum atomic E-state index is 0.213. The fraction of sp³-hybridized carbons (Fsp3) is 0.727. The Balaban J connectivity index is 1.99. The van der Waals surface area contributed by atoms with Crippen molar-refractivity contribution in [3.8, 4) is 0 Å². The van der Waals surface area contributed by atoms with Crippen molar-refractivity contribution < 1.29 is 4.74 Å². The molecule has 0 amide bonds. The van der Waals surface area contributed by atoms with Crippen LogP contribution >= 0.6 is 11.3 Å². The van der Waals surface area contributed by atoms with Gasteiger partial charge in [-0.2, -0.15) is 0 Å². The van der Waals surface area contributed by atoms with Crippen LogP contribution in [0.15, 0.2) is 6.20 Å². The first kappa shape index (κ1) is 11.0. The molecule has 2 heterocycles. The molecule has 1 aromatic rings. The first-order valence-electron chi connectivity index (χ1n) is 5.57. The predicted octanol–water partition coefficient (Wildman–Crippen LogP) is 2.27. The van der Waals surface area contributed by atoms with Crippen LogP contribution in [0.2, 0.25) is 0 Å². The minimum absolute atomic E-state index is 0.213. The monoisotopic (exact) mass is 226 g/mol. The summed E-state index contributed by atoms with van der Waals surface area (Å²) in [6.07, 6.45) is 6.67. The molecule has 0 spiro atoms. The van der Waals surface area contributed by atoms with Crippen molar-refractivity contribution in [2.45, 2.75) is 44.8 Å². The zero-order chi connectivity index (χ0) is 10.7. The highest BCUT2D eigenvalue weighted by Crippen LogP contribution is 2.30. The van der Waals surface area contributed by atoms with Crippen LogP contribution in [-0.2, 0) is 11.2 Å². The van der Waals surface area contributed by atoms with Crippen LogP contribution in [0.3, 0.4) is 0 Å². The number of ether oxygens (including phenoxy) is 1. The fourth-order valence-electron chi connectivity index (χ4n) is 1.82. The molecule has 1 saturated heterocycles. The summed E-state index contributed by atoms with van der Waals surface area (Å²) in [7, 11) is 0. The third-order valence-corrected chi connectivity index (χ3v) is 3.66. The van der Waals surface area contributed by atoms with E-state index in [-0.39, 0.29) is 12.1 Å². The van der Waals surface area contributed by atoms with E-state index < -0.39 is 0 Å². The van der Waals surface area contributed by atoms with Crippen molar-refractivity contribution in [3.05, 3.63) is 16.1 Å². The summed E-state index contributed by atoms with van der Waals surface area (Å²) < 4.78 is 5.70. The molecule has 2 atom stereocenters. The van der Waals surface area contributed by atoms with E-state index in [9.17, 15) is 0 Å². The Kier molecular flexibility index (Phi) is 3.72. The molecule has 1 aliphatic rings. The number of rotatable bonds is 3. The Hall–Kier alpha value is -0.450. The van der Waals surface area contributed by atoms with E-state index in [4.69, 9.17) is 10.5 Å². The van der Waals surface area contributed by atoms with Gasteiger partial charge in [-0.25, -0.2) is 4.98 Å². The molecule has 1 fully saturated rings. The molecule has 0 saturated carbocycles. The molecule has 4 heteroatoms. The van der Waals surface area contributed by atoms with Gasteiger partial charge in [-0.05, 0) is 32.6 Å². The van der Waals surface area contributed by atoms with Gasteiger partial charge in [-0.1, -0.05) is 0 Å². The van der Waals surface area contributed by atoms with Gasteiger partial charge in [0.15, 0.2) is 0 Å². The number of hydrogen-bond acceptors (Lipinski definition) is 4. The highest BCUT2D eigenvalue weighted by Gasteiger charge is 2.19. The number of nitrogens with two attached hydrogens (primary N) is 1. The quantitative estimate of drug-likeness (QED) is 0.860. The maximum absolute atomic E-state index is 5.76. The summed E-state index contributed by atoms with van der Waals surface area (Å²) in [4.78, 5) is 5.70. The molecule has 1 aliphatic heterocycles. The molecule has 0 bridgehead atoms. The third kappa shape index (κ3) is 3.00. The van der Waals surface area contributed by atoms with Crippen LogP contribution < -0.4 is 5.73 Å². The van der Waals surface area contributed by atoms with Crippen molar-refractivity contribution in [1.82, 2.24) is 4.98 Å². The van der Waals surface area contributed by atoms with Crippen LogP contribution in [0.5, 0.6) is 0 Å². The molecule has 2 N–H and O–H groups in total. The van der Waals surface area contributed by atoms with Gasteiger partial charge in [-0.15, -0.1) is 11.3 Å². The maximum atomic E-state index is 5.76. The number of aromatic nitrogens is 1. The van der Waals surface area contributed by atoms with Crippen molar-refractivity contribution in [2.24, 2.45) is 5.73 Å². The van der Waals surface area contributed by atoms with Crippen LogP contribution in [0.4, 0.5) is 0 Å². The number of nitrogens with zero attached hydrogens (tertiary/aromatic N) is 1. The highest BCUT2D eigenvalue weighted by atomic mass is 32.1. The minimum Gasteiger partial charge on any atom is -0.371 e. The van der Waals surface area contributed by atoms with Gasteiger partial charge in [0.05, 0.1) is 0 Å². The number of thiazole rings is 1. The smallest absolute Gasteiger partial charge is 0.122 e. The van der Waals surface area contributed by atoms with E-state index in [0.29, 0.717) is 0 Å². The molecule has 2 rings (SSSR count). The fourth-order valence-corrected chi connectivity index (χ4v) is 2.96. The average Bonchev–Trinajstić information content (AvgIpc) is 2.67. The normalized spacial score (nSPS) is 24.0. The van der Waals surface area contributed by atoms with Gasteiger partial charge in [0.2, 0.25) is 0 Å². The van der Waals surface area contributed by atoms with E-state index in [0.717, 1.165) is 24.5 Å². The van der Waals surface area contributed by atoms with Gasteiger partial charge in [0, 0.05) is 23.7 Å². The van der Waals surface area contributed by atoms with E-state index in [1.165, 1.54) is 17.7 Å². The van der Waals surface area contributed by atoms with Crippen LogP contribution in [0.25, 0.3) is 0 Å². The Morgan fingerprint density at radius 2 is 2.53 bits per heavy atom. The highest BCUT2D eigenvalue weighted by molar-refractivity contribution is 7.11. The second-order valence-corrected chi connectivity index (χ2v) is 5.35. The second kappa shape index (κ2) is 5.05. The number of hydrogen-bond donors (Lipinski definition) is 1. The zero-order valence-corrected chi connectivity index (χ0v) is 9.93. The molecule has 0 aliphatic carbocycles. The molecule has 0 radical (unpaired) electrons. The van der Waals surface area contributed by atoms with Gasteiger partial charge >= 0.3 is 0 Å². The summed E-state index contributed by atoms with van der Waals surface area (Å²) in [5, 5.41) is 1.13. The summed E-state index contributed by atoms with van der Waals surface area (Å²) in [5.74, 6) is 0. The van der Waals surface area contributed by atoms with Gasteiger partial charge < -0.3 is 10.5 Å². The van der Waals surface area contributed by atoms with Gasteiger partial charge in [0.1, 0.15) is 11.1 Å². The van der Waals surface area contributed by atoms with Crippen LogP contribution in [0.1, 0.15) is 42.2 Å². The standard InChI is InChI=1S/C11H18N2OS/c1-8(12)6-9-7-13-11(15-9)10-4-2-3-5-14-10/h7-8,10H,2-6,12H2,1H3. The lowest BCUT2D eigenvalue weighted by Gasteiger charge is -2.20. The maximum Gasteiger partial charge on any atom is 0.122 e. The summed E-state index contributed by atoms with van der Waals surface area (Å²) in [6, 6.07) is 0.213. The Morgan fingerprint density at radius 1 is 1.67 bits per heavy atom. The molecule has 3 nitrogen and oxygen atoms in total. The summed E-state index contributed by atoms with van der Waals surface area (Å²) in [6.45, 7) is 2.91. The molecular weight excluding hydrogens is 208 g/mol. The molecular formula is C11H18N2OS. The first-order valence-corrected chi connectivity index (χ1v) is 6.39. The SMILES string of the molecule is CC(N)Cc1cnc(C2CCCCO2)s1. The largest absolute Gasteiger partial charge is 0.371 e. The van der Waals surface area contributed by atoms with E-state index >= 15 is 0 Å². The van der Waals surface area contributed by atoms with Crippen molar-refractivity contribution in [2.75, 3.05) is 6.61 Å². The lowest BCUT2D eigenvalue weighted by molar-refractivity contribution is 0.0148. The van der Waals surface area contributed by atoms with Gasteiger partial charge in [-0.3, -0.25) is 0 Å². The predicted molar refractivity (Wildman–Crippen MR) is 62.0 cm³/mol. The Bertz CT molecular complexity index is 305. The zero-order valence-electron chi connectivity index (χ0n) is 9.11. The third-order valence-electron chi connectivity index (χ3n) is 2.55. The lowest BCUT2D eigenvalue weighted by Crippen LogP contribution is -2.16. The second-order valence-electron chi connectivity index (χ2n) is 4.20. The molecule has 2 unspecified atom stereocenters. The molecule has 84 valence electrons. The Labute approximate surface area is 94.7 Å². The first-order chi connectivity index (χ1) is 7.25. The van der Waals surface area contributed by atoms with Crippen LogP contribution in [-0.4, -0.2) is 17.6 Å². The van der Waals surface area contributed by atoms with Crippen LogP contribution in [0, 0.1) is 0 Å². The molecule has 1 aromatic heterocycles. The van der Waals surface area contributed by atoms with E-state index in [1.807, 2.05) is 13.1 Å². The van der Waals surface area contributed by atoms with Crippen molar-refractivity contribution in [1.29, 1.82) is 0 Å². The summed E-state index contributed by atoms with van der Waals surface area (Å²) >= 11 is 1.75. The average molecular weight is 226 g/mol. The molecule has 0 aromatic carbocycles. The lowest BCUT2D eigenvalue weighted by atomic mass is 10.1. The van der Waals surface area contributed by atoms with E-state index in [2.05, 4.69) is 4.98 Å².